The second-order valence-corrected chi connectivity index (χ2v) is 4.61. The van der Waals surface area contributed by atoms with Crippen LogP contribution in [0.3, 0.4) is 0 Å². The molecule has 1 saturated carbocycles. The van der Waals surface area contributed by atoms with Gasteiger partial charge in [0.2, 0.25) is 0 Å². The second kappa shape index (κ2) is 7.03. The van der Waals surface area contributed by atoms with Crippen LogP contribution in [-0.2, 0) is 4.79 Å². The fraction of sp³-hybridized carbons (Fsp3) is 0.923. The lowest BCUT2D eigenvalue weighted by atomic mass is 9.84. The summed E-state index contributed by atoms with van der Waals surface area (Å²) >= 11 is 0. The molecule has 0 N–H and O–H groups in total. The summed E-state index contributed by atoms with van der Waals surface area (Å²) in [5, 5.41) is 0. The number of unbranched alkanes of at least 4 members (excludes halogenated alkanes) is 4. The largest absolute Gasteiger partial charge is 0.299 e. The molecule has 1 rings (SSSR count). The van der Waals surface area contributed by atoms with Crippen molar-refractivity contribution >= 4 is 5.78 Å². The SMILES string of the molecule is CCCCCCC[C@H]1CCCCC1=O. The van der Waals surface area contributed by atoms with Gasteiger partial charge >= 0.3 is 0 Å². The minimum Gasteiger partial charge on any atom is -0.299 e. The van der Waals surface area contributed by atoms with Gasteiger partial charge in [0.05, 0.1) is 0 Å². The molecule has 0 heterocycles. The molecule has 82 valence electrons. The van der Waals surface area contributed by atoms with Crippen molar-refractivity contribution in [1.82, 2.24) is 0 Å². The number of carbonyl (C=O) groups excluding carboxylic acids is 1. The maximum absolute atomic E-state index is 11.5. The highest BCUT2D eigenvalue weighted by atomic mass is 16.1. The Labute approximate surface area is 88.3 Å². The van der Waals surface area contributed by atoms with Crippen LogP contribution in [0.4, 0.5) is 0 Å². The van der Waals surface area contributed by atoms with Crippen molar-refractivity contribution in [3.05, 3.63) is 0 Å². The van der Waals surface area contributed by atoms with Crippen molar-refractivity contribution in [2.75, 3.05) is 0 Å². The van der Waals surface area contributed by atoms with Crippen molar-refractivity contribution in [3.63, 3.8) is 0 Å². The van der Waals surface area contributed by atoms with E-state index in [-0.39, 0.29) is 0 Å². The Kier molecular flexibility index (Phi) is 5.89. The van der Waals surface area contributed by atoms with E-state index in [2.05, 4.69) is 6.92 Å². The lowest BCUT2D eigenvalue weighted by molar-refractivity contribution is -0.124. The Morgan fingerprint density at radius 1 is 1.14 bits per heavy atom. The van der Waals surface area contributed by atoms with Crippen LogP contribution in [-0.4, -0.2) is 5.78 Å². The van der Waals surface area contributed by atoms with Gasteiger partial charge in [-0.1, -0.05) is 45.4 Å². The first-order valence-electron chi connectivity index (χ1n) is 6.37. The highest BCUT2D eigenvalue weighted by molar-refractivity contribution is 5.81. The number of carbonyl (C=O) groups is 1. The van der Waals surface area contributed by atoms with Gasteiger partial charge in [0.15, 0.2) is 0 Å². The van der Waals surface area contributed by atoms with E-state index in [4.69, 9.17) is 0 Å². The van der Waals surface area contributed by atoms with E-state index in [1.807, 2.05) is 0 Å². The van der Waals surface area contributed by atoms with Crippen molar-refractivity contribution in [2.45, 2.75) is 71.1 Å². The maximum Gasteiger partial charge on any atom is 0.135 e. The topological polar surface area (TPSA) is 17.1 Å². The Morgan fingerprint density at radius 3 is 2.64 bits per heavy atom. The molecule has 0 saturated heterocycles. The van der Waals surface area contributed by atoms with Crippen LogP contribution < -0.4 is 0 Å². The third kappa shape index (κ3) is 4.26. The van der Waals surface area contributed by atoms with E-state index in [1.165, 1.54) is 51.4 Å². The average Bonchev–Trinajstić information content (AvgIpc) is 2.20. The number of ketones is 1. The van der Waals surface area contributed by atoms with Crippen LogP contribution in [0.25, 0.3) is 0 Å². The van der Waals surface area contributed by atoms with E-state index in [1.54, 1.807) is 0 Å². The lowest BCUT2D eigenvalue weighted by Crippen LogP contribution is -2.18. The summed E-state index contributed by atoms with van der Waals surface area (Å²) in [4.78, 5) is 11.5. The summed E-state index contributed by atoms with van der Waals surface area (Å²) in [6.07, 6.45) is 12.3. The molecule has 0 aromatic carbocycles. The summed E-state index contributed by atoms with van der Waals surface area (Å²) in [7, 11) is 0. The fourth-order valence-corrected chi connectivity index (χ4v) is 2.35. The molecule has 1 fully saturated rings. The van der Waals surface area contributed by atoms with Gasteiger partial charge in [-0.2, -0.15) is 0 Å². The Morgan fingerprint density at radius 2 is 1.93 bits per heavy atom. The molecule has 0 unspecified atom stereocenters. The number of Topliss-reactive ketones (excluding diaryl/α,β-unsaturated/α-hetero) is 1. The normalized spacial score (nSPS) is 22.6. The van der Waals surface area contributed by atoms with Crippen LogP contribution in [0.15, 0.2) is 0 Å². The molecule has 1 atom stereocenters. The van der Waals surface area contributed by atoms with Gasteiger partial charge in [0, 0.05) is 12.3 Å². The van der Waals surface area contributed by atoms with Gasteiger partial charge in [-0.15, -0.1) is 0 Å². The van der Waals surface area contributed by atoms with Crippen molar-refractivity contribution in [1.29, 1.82) is 0 Å². The predicted molar refractivity (Wildman–Crippen MR) is 60.3 cm³/mol. The summed E-state index contributed by atoms with van der Waals surface area (Å²) in [6, 6.07) is 0. The first-order chi connectivity index (χ1) is 6.84. The van der Waals surface area contributed by atoms with E-state index < -0.39 is 0 Å². The summed E-state index contributed by atoms with van der Waals surface area (Å²) in [6.45, 7) is 2.24. The monoisotopic (exact) mass is 196 g/mol. The van der Waals surface area contributed by atoms with E-state index in [0.29, 0.717) is 11.7 Å². The molecule has 0 bridgehead atoms. The van der Waals surface area contributed by atoms with E-state index in [9.17, 15) is 4.79 Å². The second-order valence-electron chi connectivity index (χ2n) is 4.61. The third-order valence-electron chi connectivity index (χ3n) is 3.34. The zero-order chi connectivity index (χ0) is 10.2. The zero-order valence-corrected chi connectivity index (χ0v) is 9.56. The summed E-state index contributed by atoms with van der Waals surface area (Å²) in [5.74, 6) is 0.983. The van der Waals surface area contributed by atoms with Gasteiger partial charge in [0.25, 0.3) is 0 Å². The third-order valence-corrected chi connectivity index (χ3v) is 3.34. The van der Waals surface area contributed by atoms with Crippen LogP contribution >= 0.6 is 0 Å². The van der Waals surface area contributed by atoms with Crippen molar-refractivity contribution in [2.24, 2.45) is 5.92 Å². The first kappa shape index (κ1) is 11.7. The Balaban J connectivity index is 2.02. The quantitative estimate of drug-likeness (QED) is 0.584. The molecule has 1 aliphatic carbocycles. The Bertz CT molecular complexity index is 163. The molecule has 0 aliphatic heterocycles. The Hall–Kier alpha value is -0.330. The molecular formula is C13H24O. The molecular weight excluding hydrogens is 172 g/mol. The van der Waals surface area contributed by atoms with Gasteiger partial charge in [-0.3, -0.25) is 4.79 Å². The predicted octanol–water partition coefficient (Wildman–Crippen LogP) is 4.11. The van der Waals surface area contributed by atoms with Crippen LogP contribution in [0.5, 0.6) is 0 Å². The smallest absolute Gasteiger partial charge is 0.135 e. The van der Waals surface area contributed by atoms with Gasteiger partial charge < -0.3 is 0 Å². The van der Waals surface area contributed by atoms with Crippen LogP contribution in [0.2, 0.25) is 0 Å². The molecule has 0 amide bonds. The fourth-order valence-electron chi connectivity index (χ4n) is 2.35. The maximum atomic E-state index is 11.5. The van der Waals surface area contributed by atoms with Crippen molar-refractivity contribution in [3.8, 4) is 0 Å². The molecule has 0 spiro atoms. The van der Waals surface area contributed by atoms with Crippen LogP contribution in [0, 0.1) is 5.92 Å². The van der Waals surface area contributed by atoms with Crippen LogP contribution in [0.1, 0.15) is 71.1 Å². The average molecular weight is 196 g/mol. The minimum absolute atomic E-state index is 0.436. The summed E-state index contributed by atoms with van der Waals surface area (Å²) in [5.41, 5.74) is 0. The lowest BCUT2D eigenvalue weighted by Gasteiger charge is -2.19. The van der Waals surface area contributed by atoms with Gasteiger partial charge in [0.1, 0.15) is 5.78 Å². The highest BCUT2D eigenvalue weighted by Gasteiger charge is 2.20. The molecule has 0 aromatic heterocycles. The number of hydrogen-bond acceptors (Lipinski definition) is 1. The van der Waals surface area contributed by atoms with Gasteiger partial charge in [-0.25, -0.2) is 0 Å². The summed E-state index contributed by atoms with van der Waals surface area (Å²) < 4.78 is 0. The standard InChI is InChI=1S/C13H24O/c1-2-3-4-5-6-9-12-10-7-8-11-13(12)14/h12H,2-11H2,1H3/t12-/m0/s1. The molecule has 0 aromatic rings. The first-order valence-corrected chi connectivity index (χ1v) is 6.37. The van der Waals surface area contributed by atoms with E-state index in [0.717, 1.165) is 12.8 Å². The molecule has 1 heteroatoms. The molecule has 1 aliphatic rings. The molecule has 14 heavy (non-hydrogen) atoms. The van der Waals surface area contributed by atoms with Crippen molar-refractivity contribution < 1.29 is 4.79 Å². The minimum atomic E-state index is 0.436. The zero-order valence-electron chi connectivity index (χ0n) is 9.56. The van der Waals surface area contributed by atoms with Gasteiger partial charge in [-0.05, 0) is 19.3 Å². The number of hydrogen-bond donors (Lipinski definition) is 0. The highest BCUT2D eigenvalue weighted by Crippen LogP contribution is 2.25. The number of rotatable bonds is 6. The molecule has 1 nitrogen and oxygen atoms in total. The van der Waals surface area contributed by atoms with E-state index >= 15 is 0 Å². The molecule has 0 radical (unpaired) electrons.